The topological polar surface area (TPSA) is 27.1 Å². The number of alkyl halides is 3. The minimum Gasteiger partial charge on any atom is -0.338 e. The van der Waals surface area contributed by atoms with Crippen LogP contribution in [0.4, 0.5) is 13.2 Å². The van der Waals surface area contributed by atoms with E-state index in [4.69, 9.17) is 5.41 Å². The lowest BCUT2D eigenvalue weighted by atomic mass is 10.1. The zero-order chi connectivity index (χ0) is 12.3. The molecule has 1 fully saturated rings. The summed E-state index contributed by atoms with van der Waals surface area (Å²) in [5.74, 6) is 0.00965. The van der Waals surface area contributed by atoms with Crippen LogP contribution < -0.4 is 0 Å². The number of nitrogens with zero attached hydrogens (tertiary/aromatic N) is 1. The van der Waals surface area contributed by atoms with Crippen molar-refractivity contribution in [3.05, 3.63) is 35.4 Å². The Hall–Kier alpha value is -1.52. The van der Waals surface area contributed by atoms with Gasteiger partial charge in [-0.15, -0.1) is 0 Å². The van der Waals surface area contributed by atoms with Crippen LogP contribution in [-0.2, 0) is 6.54 Å². The maximum atomic E-state index is 13.0. The number of fused-ring (bicyclic) bond motifs is 1. The fourth-order valence-corrected chi connectivity index (χ4v) is 2.47. The number of nitrogens with one attached hydrogen (secondary N) is 1. The Balaban J connectivity index is 1.98. The molecule has 0 radical (unpaired) electrons. The van der Waals surface area contributed by atoms with Gasteiger partial charge in [0.1, 0.15) is 11.4 Å². The first-order valence-corrected chi connectivity index (χ1v) is 5.47. The molecule has 0 aromatic heterocycles. The van der Waals surface area contributed by atoms with Gasteiger partial charge in [0.2, 0.25) is 0 Å². The molecule has 1 heterocycles. The molecule has 2 aliphatic rings. The zero-order valence-electron chi connectivity index (χ0n) is 9.01. The van der Waals surface area contributed by atoms with Crippen LogP contribution in [0, 0.1) is 5.41 Å². The van der Waals surface area contributed by atoms with E-state index in [0.717, 1.165) is 5.56 Å². The van der Waals surface area contributed by atoms with E-state index in [1.807, 2.05) is 0 Å². The van der Waals surface area contributed by atoms with E-state index >= 15 is 0 Å². The predicted octanol–water partition coefficient (Wildman–Crippen LogP) is 2.92. The number of benzene rings is 1. The van der Waals surface area contributed by atoms with Gasteiger partial charge in [0, 0.05) is 12.1 Å². The first-order chi connectivity index (χ1) is 7.96. The van der Waals surface area contributed by atoms with Crippen LogP contribution in [0.5, 0.6) is 0 Å². The Morgan fingerprint density at radius 2 is 1.82 bits per heavy atom. The number of halogens is 3. The highest BCUT2D eigenvalue weighted by molar-refractivity contribution is 6.01. The van der Waals surface area contributed by atoms with Gasteiger partial charge in [0.15, 0.2) is 0 Å². The van der Waals surface area contributed by atoms with Gasteiger partial charge in [-0.3, -0.25) is 5.41 Å². The summed E-state index contributed by atoms with van der Waals surface area (Å²) in [6.07, 6.45) is -4.04. The van der Waals surface area contributed by atoms with E-state index in [1.54, 1.807) is 24.3 Å². The van der Waals surface area contributed by atoms with Gasteiger partial charge in [0.25, 0.3) is 0 Å². The van der Waals surface area contributed by atoms with Crippen LogP contribution in [0.2, 0.25) is 0 Å². The number of rotatable bonds is 1. The molecule has 2 nitrogen and oxygen atoms in total. The second-order valence-electron chi connectivity index (χ2n) is 4.62. The molecule has 90 valence electrons. The molecule has 1 aromatic carbocycles. The first-order valence-electron chi connectivity index (χ1n) is 5.47. The van der Waals surface area contributed by atoms with E-state index in [2.05, 4.69) is 0 Å². The van der Waals surface area contributed by atoms with Crippen LogP contribution >= 0.6 is 0 Å². The third-order valence-electron chi connectivity index (χ3n) is 3.64. The standard InChI is InChI=1S/C12H11F3N2/c13-12(14,15)11(5-6-11)17-7-8-3-1-2-4-9(8)10(17)16/h1-4,16H,5-7H2. The lowest BCUT2D eigenvalue weighted by Gasteiger charge is -2.31. The number of amidine groups is 1. The zero-order valence-corrected chi connectivity index (χ0v) is 9.01. The maximum Gasteiger partial charge on any atom is 0.411 e. The largest absolute Gasteiger partial charge is 0.411 e. The molecule has 0 saturated heterocycles. The van der Waals surface area contributed by atoms with Crippen LogP contribution in [-0.4, -0.2) is 22.5 Å². The van der Waals surface area contributed by atoms with Gasteiger partial charge < -0.3 is 4.90 Å². The number of hydrogen-bond acceptors (Lipinski definition) is 1. The van der Waals surface area contributed by atoms with Crippen molar-refractivity contribution in [2.45, 2.75) is 31.1 Å². The summed E-state index contributed by atoms with van der Waals surface area (Å²) in [5.41, 5.74) is -0.334. The molecule has 1 saturated carbocycles. The molecule has 0 spiro atoms. The summed E-state index contributed by atoms with van der Waals surface area (Å²) in [5, 5.41) is 7.89. The highest BCUT2D eigenvalue weighted by Crippen LogP contribution is 2.55. The summed E-state index contributed by atoms with van der Waals surface area (Å²) in [4.78, 5) is 1.21. The van der Waals surface area contributed by atoms with Crippen molar-refractivity contribution in [1.82, 2.24) is 4.90 Å². The first kappa shape index (κ1) is 10.6. The highest BCUT2D eigenvalue weighted by atomic mass is 19.4. The molecule has 0 amide bonds. The van der Waals surface area contributed by atoms with Gasteiger partial charge in [-0.05, 0) is 18.4 Å². The fourth-order valence-electron chi connectivity index (χ4n) is 2.47. The molecule has 3 rings (SSSR count). The van der Waals surface area contributed by atoms with Crippen LogP contribution in [0.15, 0.2) is 24.3 Å². The minimum atomic E-state index is -4.25. The molecule has 1 aliphatic heterocycles. The smallest absolute Gasteiger partial charge is 0.338 e. The predicted molar refractivity (Wildman–Crippen MR) is 56.8 cm³/mol. The van der Waals surface area contributed by atoms with Gasteiger partial charge in [0.05, 0.1) is 0 Å². The SMILES string of the molecule is N=C1c2ccccc2CN1C1(C(F)(F)F)CC1. The summed E-state index contributed by atoms with van der Waals surface area (Å²) in [6.45, 7) is 0.203. The van der Waals surface area contributed by atoms with Crippen LogP contribution in [0.25, 0.3) is 0 Å². The van der Waals surface area contributed by atoms with Crippen molar-refractivity contribution in [3.8, 4) is 0 Å². The van der Waals surface area contributed by atoms with Crippen molar-refractivity contribution in [3.63, 3.8) is 0 Å². The third kappa shape index (κ3) is 1.31. The second kappa shape index (κ2) is 3.03. The fraction of sp³-hybridized carbons (Fsp3) is 0.417. The Labute approximate surface area is 96.6 Å². The van der Waals surface area contributed by atoms with Crippen molar-refractivity contribution < 1.29 is 13.2 Å². The maximum absolute atomic E-state index is 13.0. The molecule has 1 aliphatic carbocycles. The van der Waals surface area contributed by atoms with E-state index in [1.165, 1.54) is 4.90 Å². The quantitative estimate of drug-likeness (QED) is 0.802. The van der Waals surface area contributed by atoms with Gasteiger partial charge >= 0.3 is 6.18 Å². The Kier molecular flexibility index (Phi) is 1.89. The van der Waals surface area contributed by atoms with Gasteiger partial charge in [-0.1, -0.05) is 24.3 Å². The molecule has 0 bridgehead atoms. The van der Waals surface area contributed by atoms with Gasteiger partial charge in [-0.2, -0.15) is 13.2 Å². The summed E-state index contributed by atoms with van der Waals surface area (Å²) in [7, 11) is 0. The second-order valence-corrected chi connectivity index (χ2v) is 4.62. The molecule has 17 heavy (non-hydrogen) atoms. The Morgan fingerprint density at radius 1 is 1.18 bits per heavy atom. The lowest BCUT2D eigenvalue weighted by Crippen LogP contribution is -2.48. The molecular formula is C12H11F3N2. The van der Waals surface area contributed by atoms with Crippen molar-refractivity contribution >= 4 is 5.84 Å². The molecule has 1 N–H and O–H groups in total. The number of hydrogen-bond donors (Lipinski definition) is 1. The highest BCUT2D eigenvalue weighted by Gasteiger charge is 2.68. The molecular weight excluding hydrogens is 229 g/mol. The summed E-state index contributed by atoms with van der Waals surface area (Å²) < 4.78 is 39.0. The lowest BCUT2D eigenvalue weighted by molar-refractivity contribution is -0.185. The molecule has 5 heteroatoms. The Bertz CT molecular complexity index is 489. The van der Waals surface area contributed by atoms with E-state index in [0.29, 0.717) is 5.56 Å². The minimum absolute atomic E-state index is 0.00965. The average molecular weight is 240 g/mol. The van der Waals surface area contributed by atoms with Crippen molar-refractivity contribution in [1.29, 1.82) is 5.41 Å². The summed E-state index contributed by atoms with van der Waals surface area (Å²) >= 11 is 0. The molecule has 0 unspecified atom stereocenters. The van der Waals surface area contributed by atoms with Crippen LogP contribution in [0.3, 0.4) is 0 Å². The molecule has 1 aromatic rings. The van der Waals surface area contributed by atoms with Crippen LogP contribution in [0.1, 0.15) is 24.0 Å². The van der Waals surface area contributed by atoms with E-state index < -0.39 is 11.7 Å². The van der Waals surface area contributed by atoms with Crippen molar-refractivity contribution in [2.24, 2.45) is 0 Å². The van der Waals surface area contributed by atoms with E-state index in [9.17, 15) is 13.2 Å². The summed E-state index contributed by atoms with van der Waals surface area (Å²) in [6, 6.07) is 7.05. The normalized spacial score (nSPS) is 21.6. The molecule has 0 atom stereocenters. The average Bonchev–Trinajstić information content (AvgIpc) is 3.01. The third-order valence-corrected chi connectivity index (χ3v) is 3.64. The van der Waals surface area contributed by atoms with E-state index in [-0.39, 0.29) is 25.2 Å². The monoisotopic (exact) mass is 240 g/mol. The Morgan fingerprint density at radius 3 is 2.35 bits per heavy atom. The van der Waals surface area contributed by atoms with Crippen molar-refractivity contribution in [2.75, 3.05) is 0 Å². The van der Waals surface area contributed by atoms with Gasteiger partial charge in [-0.25, -0.2) is 0 Å².